The molecule has 1 aromatic carbocycles. The molecule has 1 aliphatic heterocycles. The third-order valence-electron chi connectivity index (χ3n) is 3.65. The van der Waals surface area contributed by atoms with Crippen LogP contribution in [0.5, 0.6) is 0 Å². The van der Waals surface area contributed by atoms with Crippen molar-refractivity contribution in [3.05, 3.63) is 53.6 Å². The molecule has 3 nitrogen and oxygen atoms in total. The number of aliphatic hydroxyl groups excluding tert-OH is 2. The summed E-state index contributed by atoms with van der Waals surface area (Å²) < 4.78 is 77.8. The van der Waals surface area contributed by atoms with E-state index in [0.717, 1.165) is 30.3 Å². The standard InChI is InChI=1S/C15H13F6NO2/c16-14(17,18)10-5-3-9(4-6-10)11-2-1-7-13(22-11,12(24)8-23)15(19,20)21/h1-7,12,22-24H,8H2. The van der Waals surface area contributed by atoms with Crippen molar-refractivity contribution >= 4 is 5.70 Å². The number of hydrogen-bond donors (Lipinski definition) is 3. The number of allylic oxidation sites excluding steroid dienone is 2. The average molecular weight is 353 g/mol. The number of nitrogens with one attached hydrogen (secondary N) is 1. The van der Waals surface area contributed by atoms with E-state index in [1.165, 1.54) is 6.08 Å². The first-order chi connectivity index (χ1) is 11.0. The van der Waals surface area contributed by atoms with Gasteiger partial charge in [0.1, 0.15) is 6.10 Å². The highest BCUT2D eigenvalue weighted by molar-refractivity contribution is 5.68. The van der Waals surface area contributed by atoms with Gasteiger partial charge in [0.2, 0.25) is 0 Å². The van der Waals surface area contributed by atoms with Gasteiger partial charge in [-0.2, -0.15) is 26.3 Å². The van der Waals surface area contributed by atoms with Crippen LogP contribution < -0.4 is 5.32 Å². The fourth-order valence-electron chi connectivity index (χ4n) is 2.30. The van der Waals surface area contributed by atoms with E-state index < -0.39 is 36.2 Å². The maximum Gasteiger partial charge on any atom is 0.417 e. The van der Waals surface area contributed by atoms with E-state index in [2.05, 4.69) is 5.32 Å². The van der Waals surface area contributed by atoms with Gasteiger partial charge < -0.3 is 15.5 Å². The van der Waals surface area contributed by atoms with Crippen LogP contribution in [0.4, 0.5) is 26.3 Å². The highest BCUT2D eigenvalue weighted by Gasteiger charge is 2.58. The van der Waals surface area contributed by atoms with Crippen LogP contribution in [0, 0.1) is 0 Å². The molecule has 2 atom stereocenters. The summed E-state index contributed by atoms with van der Waals surface area (Å²) in [5, 5.41) is 20.6. The van der Waals surface area contributed by atoms with E-state index in [-0.39, 0.29) is 11.3 Å². The highest BCUT2D eigenvalue weighted by atomic mass is 19.4. The Hall–Kier alpha value is -2.00. The molecular weight excluding hydrogens is 340 g/mol. The molecule has 0 fully saturated rings. The molecule has 0 aliphatic carbocycles. The molecule has 1 aliphatic rings. The van der Waals surface area contributed by atoms with Gasteiger partial charge in [-0.1, -0.05) is 18.2 Å². The zero-order valence-electron chi connectivity index (χ0n) is 12.0. The molecule has 0 saturated carbocycles. The van der Waals surface area contributed by atoms with Crippen molar-refractivity contribution in [1.82, 2.24) is 5.32 Å². The molecule has 1 aromatic rings. The molecule has 2 rings (SSSR count). The molecule has 0 radical (unpaired) electrons. The Morgan fingerprint density at radius 1 is 1.04 bits per heavy atom. The lowest BCUT2D eigenvalue weighted by molar-refractivity contribution is -0.207. The van der Waals surface area contributed by atoms with Crippen molar-refractivity contribution in [2.75, 3.05) is 6.61 Å². The van der Waals surface area contributed by atoms with E-state index in [4.69, 9.17) is 5.11 Å². The van der Waals surface area contributed by atoms with Crippen molar-refractivity contribution in [3.8, 4) is 0 Å². The molecule has 1 heterocycles. The van der Waals surface area contributed by atoms with Crippen molar-refractivity contribution in [2.24, 2.45) is 0 Å². The van der Waals surface area contributed by atoms with Gasteiger partial charge in [-0.25, -0.2) is 0 Å². The number of aliphatic hydroxyl groups is 2. The molecule has 0 aromatic heterocycles. The number of benzene rings is 1. The first-order valence-electron chi connectivity index (χ1n) is 6.72. The smallest absolute Gasteiger partial charge is 0.394 e. The maximum atomic E-state index is 13.4. The lowest BCUT2D eigenvalue weighted by Gasteiger charge is -2.40. The SMILES string of the molecule is OCC(O)C1(C(F)(F)F)C=CC=C(c2ccc(C(F)(F)F)cc2)N1. The van der Waals surface area contributed by atoms with Crippen LogP contribution in [-0.4, -0.2) is 34.6 Å². The topological polar surface area (TPSA) is 52.5 Å². The van der Waals surface area contributed by atoms with Crippen LogP contribution in [-0.2, 0) is 6.18 Å². The van der Waals surface area contributed by atoms with E-state index in [0.29, 0.717) is 6.08 Å². The lowest BCUT2D eigenvalue weighted by atomic mass is 9.87. The van der Waals surface area contributed by atoms with Crippen molar-refractivity contribution < 1.29 is 36.6 Å². The van der Waals surface area contributed by atoms with E-state index in [1.807, 2.05) is 0 Å². The second-order valence-electron chi connectivity index (χ2n) is 5.20. The average Bonchev–Trinajstić information content (AvgIpc) is 2.52. The summed E-state index contributed by atoms with van der Waals surface area (Å²) in [5.74, 6) is 0. The van der Waals surface area contributed by atoms with Crippen molar-refractivity contribution in [1.29, 1.82) is 0 Å². The van der Waals surface area contributed by atoms with Crippen LogP contribution in [0.15, 0.2) is 42.5 Å². The molecule has 0 amide bonds. The van der Waals surface area contributed by atoms with Gasteiger partial charge in [0.05, 0.1) is 12.2 Å². The van der Waals surface area contributed by atoms with Crippen LogP contribution in [0.1, 0.15) is 11.1 Å². The van der Waals surface area contributed by atoms with E-state index >= 15 is 0 Å². The number of alkyl halides is 6. The number of halogens is 6. The normalized spacial score (nSPS) is 22.8. The lowest BCUT2D eigenvalue weighted by Crippen LogP contribution is -2.64. The quantitative estimate of drug-likeness (QED) is 0.733. The highest BCUT2D eigenvalue weighted by Crippen LogP contribution is 2.38. The van der Waals surface area contributed by atoms with Crippen LogP contribution in [0.3, 0.4) is 0 Å². The molecule has 0 spiro atoms. The van der Waals surface area contributed by atoms with Gasteiger partial charge >= 0.3 is 12.4 Å². The Morgan fingerprint density at radius 2 is 1.62 bits per heavy atom. The number of hydrogen-bond acceptors (Lipinski definition) is 3. The zero-order chi connectivity index (χ0) is 18.2. The molecular formula is C15H13F6NO2. The first-order valence-corrected chi connectivity index (χ1v) is 6.72. The molecule has 9 heteroatoms. The van der Waals surface area contributed by atoms with Gasteiger partial charge in [0.25, 0.3) is 0 Å². The summed E-state index contributed by atoms with van der Waals surface area (Å²) in [6, 6.07) is 3.53. The van der Waals surface area contributed by atoms with Crippen LogP contribution >= 0.6 is 0 Å². The Kier molecular flexibility index (Phi) is 4.69. The van der Waals surface area contributed by atoms with E-state index in [9.17, 15) is 31.4 Å². The maximum absolute atomic E-state index is 13.4. The first kappa shape index (κ1) is 18.3. The monoisotopic (exact) mass is 353 g/mol. The summed E-state index contributed by atoms with van der Waals surface area (Å²) in [4.78, 5) is 0. The van der Waals surface area contributed by atoms with Crippen molar-refractivity contribution in [3.63, 3.8) is 0 Å². The summed E-state index contributed by atoms with van der Waals surface area (Å²) in [7, 11) is 0. The third-order valence-corrected chi connectivity index (χ3v) is 3.65. The van der Waals surface area contributed by atoms with Gasteiger partial charge in [-0.3, -0.25) is 0 Å². The Morgan fingerprint density at radius 3 is 2.08 bits per heavy atom. The largest absolute Gasteiger partial charge is 0.417 e. The minimum atomic E-state index is -4.95. The van der Waals surface area contributed by atoms with Gasteiger partial charge in [0, 0.05) is 5.70 Å². The molecule has 0 bridgehead atoms. The Labute approximate surface area is 132 Å². The fraction of sp³-hybridized carbons (Fsp3) is 0.333. The minimum Gasteiger partial charge on any atom is -0.394 e. The fourth-order valence-corrected chi connectivity index (χ4v) is 2.30. The third kappa shape index (κ3) is 3.27. The molecule has 132 valence electrons. The Balaban J connectivity index is 2.37. The second kappa shape index (κ2) is 6.14. The second-order valence-corrected chi connectivity index (χ2v) is 5.20. The van der Waals surface area contributed by atoms with Crippen LogP contribution in [0.25, 0.3) is 5.70 Å². The number of dihydropyridines is 1. The number of rotatable bonds is 3. The molecule has 2 unspecified atom stereocenters. The molecule has 3 N–H and O–H groups in total. The molecule has 0 saturated heterocycles. The summed E-state index contributed by atoms with van der Waals surface area (Å²) in [5.41, 5.74) is -3.92. The van der Waals surface area contributed by atoms with Gasteiger partial charge in [-0.05, 0) is 29.8 Å². The van der Waals surface area contributed by atoms with E-state index in [1.54, 1.807) is 0 Å². The summed E-state index contributed by atoms with van der Waals surface area (Å²) >= 11 is 0. The molecule has 24 heavy (non-hydrogen) atoms. The predicted octanol–water partition coefficient (Wildman–Crippen LogP) is 2.86. The summed E-state index contributed by atoms with van der Waals surface area (Å²) in [6.07, 6.45) is -8.78. The predicted molar refractivity (Wildman–Crippen MR) is 73.6 cm³/mol. The Bertz CT molecular complexity index is 647. The summed E-state index contributed by atoms with van der Waals surface area (Å²) in [6.45, 7) is -1.16. The van der Waals surface area contributed by atoms with Gasteiger partial charge in [-0.15, -0.1) is 0 Å². The minimum absolute atomic E-state index is 0.0751. The zero-order valence-corrected chi connectivity index (χ0v) is 12.0. The van der Waals surface area contributed by atoms with Crippen LogP contribution in [0.2, 0.25) is 0 Å². The van der Waals surface area contributed by atoms with Crippen molar-refractivity contribution in [2.45, 2.75) is 24.0 Å². The van der Waals surface area contributed by atoms with Gasteiger partial charge in [0.15, 0.2) is 5.54 Å².